The topological polar surface area (TPSA) is 55.6 Å². The van der Waals surface area contributed by atoms with E-state index in [1.807, 2.05) is 23.1 Å². The van der Waals surface area contributed by atoms with Crippen LogP contribution in [0, 0.1) is 0 Å². The summed E-state index contributed by atoms with van der Waals surface area (Å²) in [5, 5.41) is 0.598. The van der Waals surface area contributed by atoms with Crippen molar-refractivity contribution in [3.8, 4) is 5.75 Å². The van der Waals surface area contributed by atoms with Crippen molar-refractivity contribution in [3.63, 3.8) is 0 Å². The maximum Gasteiger partial charge on any atom is 0.222 e. The number of hydrogen-bond donors (Lipinski definition) is 1. The zero-order valence-electron chi connectivity index (χ0n) is 12.0. The normalized spacial score (nSPS) is 18.0. The van der Waals surface area contributed by atoms with Gasteiger partial charge in [0.1, 0.15) is 5.75 Å². The first-order chi connectivity index (χ1) is 9.66. The number of hydrogen-bond acceptors (Lipinski definition) is 3. The van der Waals surface area contributed by atoms with Gasteiger partial charge in [-0.2, -0.15) is 0 Å². The summed E-state index contributed by atoms with van der Waals surface area (Å²) in [6.45, 7) is 2.01. The van der Waals surface area contributed by atoms with Crippen LogP contribution in [0.2, 0.25) is 5.02 Å². The van der Waals surface area contributed by atoms with E-state index in [9.17, 15) is 4.79 Å². The summed E-state index contributed by atoms with van der Waals surface area (Å²) in [5.74, 6) is 0.838. The van der Waals surface area contributed by atoms with Gasteiger partial charge < -0.3 is 15.4 Å². The molecule has 1 aliphatic rings. The molecule has 1 aromatic carbocycles. The average Bonchev–Trinajstić information content (AvgIpc) is 2.45. The van der Waals surface area contributed by atoms with Crippen LogP contribution in [0.15, 0.2) is 24.3 Å². The highest BCUT2D eigenvalue weighted by Crippen LogP contribution is 2.23. The van der Waals surface area contributed by atoms with Crippen molar-refractivity contribution >= 4 is 29.9 Å². The van der Waals surface area contributed by atoms with Gasteiger partial charge in [0.2, 0.25) is 5.91 Å². The lowest BCUT2D eigenvalue weighted by atomic mass is 10.1. The first kappa shape index (κ1) is 18.1. The lowest BCUT2D eigenvalue weighted by Crippen LogP contribution is -2.45. The van der Waals surface area contributed by atoms with Crippen LogP contribution in [0.5, 0.6) is 5.75 Å². The molecule has 0 saturated carbocycles. The molecule has 1 unspecified atom stereocenters. The summed E-state index contributed by atoms with van der Waals surface area (Å²) in [6.07, 6.45) is 3.20. The fourth-order valence-corrected chi connectivity index (χ4v) is 2.55. The van der Waals surface area contributed by atoms with Gasteiger partial charge in [-0.25, -0.2) is 0 Å². The lowest BCUT2D eigenvalue weighted by Gasteiger charge is -2.30. The number of rotatable bonds is 5. The molecule has 1 saturated heterocycles. The third-order valence-corrected chi connectivity index (χ3v) is 3.75. The van der Waals surface area contributed by atoms with Gasteiger partial charge in [0.05, 0.1) is 11.6 Å². The minimum Gasteiger partial charge on any atom is -0.492 e. The third-order valence-electron chi connectivity index (χ3n) is 3.44. The van der Waals surface area contributed by atoms with E-state index in [2.05, 4.69) is 0 Å². The van der Waals surface area contributed by atoms with Gasteiger partial charge in [-0.15, -0.1) is 12.4 Å². The average molecular weight is 333 g/mol. The number of ether oxygens (including phenoxy) is 1. The van der Waals surface area contributed by atoms with Crippen LogP contribution in [-0.4, -0.2) is 36.5 Å². The number of halogens is 2. The van der Waals surface area contributed by atoms with E-state index in [-0.39, 0.29) is 24.4 Å². The first-order valence-electron chi connectivity index (χ1n) is 7.07. The van der Waals surface area contributed by atoms with Gasteiger partial charge in [-0.3, -0.25) is 4.79 Å². The molecule has 0 radical (unpaired) electrons. The minimum atomic E-state index is 0. The zero-order valence-corrected chi connectivity index (χ0v) is 13.5. The number of piperidine rings is 1. The van der Waals surface area contributed by atoms with Crippen LogP contribution in [0.4, 0.5) is 0 Å². The Bertz CT molecular complexity index is 457. The molecule has 118 valence electrons. The summed E-state index contributed by atoms with van der Waals surface area (Å²) in [6, 6.07) is 7.48. The molecule has 0 aromatic heterocycles. The second-order valence-electron chi connectivity index (χ2n) is 5.12. The standard InChI is InChI=1S/C15H21ClN2O2.ClH/c16-13-6-1-2-7-14(13)20-10-4-8-15(19)18-9-3-5-12(17)11-18;/h1-2,6-7,12H,3-5,8-11,17H2;1H. The zero-order chi connectivity index (χ0) is 14.4. The van der Waals surface area contributed by atoms with Crippen LogP contribution in [0.3, 0.4) is 0 Å². The summed E-state index contributed by atoms with van der Waals surface area (Å²) >= 11 is 5.99. The molecule has 0 bridgehead atoms. The van der Waals surface area contributed by atoms with Crippen molar-refractivity contribution in [2.24, 2.45) is 5.73 Å². The van der Waals surface area contributed by atoms with Crippen molar-refractivity contribution in [3.05, 3.63) is 29.3 Å². The third kappa shape index (κ3) is 5.73. The van der Waals surface area contributed by atoms with E-state index in [4.69, 9.17) is 22.1 Å². The quantitative estimate of drug-likeness (QED) is 0.843. The van der Waals surface area contributed by atoms with E-state index in [1.165, 1.54) is 0 Å². The van der Waals surface area contributed by atoms with Crippen molar-refractivity contribution in [1.82, 2.24) is 4.90 Å². The predicted molar refractivity (Wildman–Crippen MR) is 87.2 cm³/mol. The van der Waals surface area contributed by atoms with Gasteiger partial charge in [0.25, 0.3) is 0 Å². The van der Waals surface area contributed by atoms with E-state index < -0.39 is 0 Å². The monoisotopic (exact) mass is 332 g/mol. The summed E-state index contributed by atoms with van der Waals surface area (Å²) < 4.78 is 5.57. The van der Waals surface area contributed by atoms with E-state index >= 15 is 0 Å². The molecular weight excluding hydrogens is 311 g/mol. The summed E-state index contributed by atoms with van der Waals surface area (Å²) in [4.78, 5) is 13.9. The van der Waals surface area contributed by atoms with Gasteiger partial charge in [-0.05, 0) is 31.4 Å². The largest absolute Gasteiger partial charge is 0.492 e. The molecule has 1 heterocycles. The van der Waals surface area contributed by atoms with Crippen LogP contribution < -0.4 is 10.5 Å². The van der Waals surface area contributed by atoms with Gasteiger partial charge >= 0.3 is 0 Å². The minimum absolute atomic E-state index is 0. The molecule has 1 amide bonds. The number of likely N-dealkylation sites (tertiary alicyclic amines) is 1. The fraction of sp³-hybridized carbons (Fsp3) is 0.533. The Hall–Kier alpha value is -0.970. The Morgan fingerprint density at radius 2 is 2.19 bits per heavy atom. The number of benzene rings is 1. The van der Waals surface area contributed by atoms with Gasteiger partial charge in [0, 0.05) is 25.6 Å². The highest BCUT2D eigenvalue weighted by molar-refractivity contribution is 6.32. The van der Waals surface area contributed by atoms with Gasteiger partial charge in [0.15, 0.2) is 0 Å². The number of para-hydroxylation sites is 1. The molecule has 1 atom stereocenters. The maximum absolute atomic E-state index is 12.0. The molecule has 1 fully saturated rings. The van der Waals surface area contributed by atoms with E-state index in [1.54, 1.807) is 6.07 Å². The Balaban J connectivity index is 0.00000220. The molecule has 6 heteroatoms. The van der Waals surface area contributed by atoms with Crippen LogP contribution in [0.1, 0.15) is 25.7 Å². The molecule has 2 N–H and O–H groups in total. The summed E-state index contributed by atoms with van der Waals surface area (Å²) in [7, 11) is 0. The second kappa shape index (κ2) is 9.13. The summed E-state index contributed by atoms with van der Waals surface area (Å²) in [5.41, 5.74) is 5.88. The molecular formula is C15H22Cl2N2O2. The highest BCUT2D eigenvalue weighted by Gasteiger charge is 2.20. The first-order valence-corrected chi connectivity index (χ1v) is 7.45. The smallest absolute Gasteiger partial charge is 0.222 e. The Morgan fingerprint density at radius 1 is 1.43 bits per heavy atom. The number of nitrogens with zero attached hydrogens (tertiary/aromatic N) is 1. The molecule has 0 spiro atoms. The van der Waals surface area contributed by atoms with Crippen LogP contribution >= 0.6 is 24.0 Å². The van der Waals surface area contributed by atoms with Crippen LogP contribution in [0.25, 0.3) is 0 Å². The Morgan fingerprint density at radius 3 is 2.90 bits per heavy atom. The molecule has 1 aromatic rings. The number of nitrogens with two attached hydrogens (primary N) is 1. The van der Waals surface area contributed by atoms with Gasteiger partial charge in [-0.1, -0.05) is 23.7 Å². The lowest BCUT2D eigenvalue weighted by molar-refractivity contribution is -0.132. The number of carbonyl (C=O) groups excluding carboxylic acids is 1. The molecule has 1 aliphatic heterocycles. The van der Waals surface area contributed by atoms with E-state index in [0.717, 1.165) is 19.4 Å². The highest BCUT2D eigenvalue weighted by atomic mass is 35.5. The van der Waals surface area contributed by atoms with Crippen molar-refractivity contribution in [2.45, 2.75) is 31.7 Å². The number of amides is 1. The Labute approximate surface area is 137 Å². The predicted octanol–water partition coefficient (Wildman–Crippen LogP) is 2.87. The van der Waals surface area contributed by atoms with Crippen molar-refractivity contribution < 1.29 is 9.53 Å². The molecule has 0 aliphatic carbocycles. The molecule has 2 rings (SSSR count). The van der Waals surface area contributed by atoms with Crippen molar-refractivity contribution in [2.75, 3.05) is 19.7 Å². The SMILES string of the molecule is Cl.NC1CCCN(C(=O)CCCOc2ccccc2Cl)C1. The second-order valence-corrected chi connectivity index (χ2v) is 5.53. The van der Waals surface area contributed by atoms with E-state index in [0.29, 0.717) is 36.8 Å². The number of carbonyl (C=O) groups is 1. The molecule has 21 heavy (non-hydrogen) atoms. The van der Waals surface area contributed by atoms with Crippen molar-refractivity contribution in [1.29, 1.82) is 0 Å². The molecule has 4 nitrogen and oxygen atoms in total. The van der Waals surface area contributed by atoms with Crippen LogP contribution in [-0.2, 0) is 4.79 Å². The Kier molecular flexibility index (Phi) is 7.86. The maximum atomic E-state index is 12.0. The fourth-order valence-electron chi connectivity index (χ4n) is 2.36.